The molecule has 0 fully saturated rings. The highest BCUT2D eigenvalue weighted by Gasteiger charge is 2.18. The first-order valence-corrected chi connectivity index (χ1v) is 33.9. The van der Waals surface area contributed by atoms with Crippen LogP contribution in [0.15, 0.2) is 134 Å². The molecular weight excluding hydrogens is 963 g/mol. The van der Waals surface area contributed by atoms with E-state index >= 15 is 0 Å². The van der Waals surface area contributed by atoms with Crippen molar-refractivity contribution in [2.75, 3.05) is 6.61 Å². The SMILES string of the molecule is CC/C=C\C/C=C\C/C=C\C/C=C\C/C=C\C/C=C\C/C=C\C/C=C\C/C=C\CCCCCCCCCC(=O)NC(CO)C(O)/C=C/CC/C=C/CCCCCCCCCCCCCCCCCCCCCCCCCCCC. The predicted octanol–water partition coefficient (Wildman–Crippen LogP) is 23.3. The van der Waals surface area contributed by atoms with Crippen molar-refractivity contribution in [3.05, 3.63) is 134 Å². The second kappa shape index (κ2) is 68.8. The van der Waals surface area contributed by atoms with E-state index in [2.05, 4.69) is 141 Å². The number of aliphatic hydroxyl groups is 2. The van der Waals surface area contributed by atoms with E-state index in [4.69, 9.17) is 0 Å². The minimum absolute atomic E-state index is 0.0876. The van der Waals surface area contributed by atoms with Crippen LogP contribution in [0.3, 0.4) is 0 Å². The van der Waals surface area contributed by atoms with Crippen LogP contribution in [0.4, 0.5) is 0 Å². The number of nitrogens with one attached hydrogen (secondary N) is 1. The van der Waals surface area contributed by atoms with Gasteiger partial charge in [0.25, 0.3) is 0 Å². The Kier molecular flexibility index (Phi) is 65.8. The van der Waals surface area contributed by atoms with Crippen LogP contribution in [0.2, 0.25) is 0 Å². The number of amides is 1. The van der Waals surface area contributed by atoms with Crippen LogP contribution in [0.25, 0.3) is 0 Å². The number of aliphatic hydroxyl groups excluding tert-OH is 2. The van der Waals surface area contributed by atoms with Gasteiger partial charge in [-0.3, -0.25) is 4.79 Å². The molecule has 2 atom stereocenters. The van der Waals surface area contributed by atoms with E-state index in [0.29, 0.717) is 6.42 Å². The zero-order valence-corrected chi connectivity index (χ0v) is 52.1. The summed E-state index contributed by atoms with van der Waals surface area (Å²) in [6.07, 6.45) is 107. The van der Waals surface area contributed by atoms with Crippen molar-refractivity contribution >= 4 is 5.91 Å². The van der Waals surface area contributed by atoms with E-state index in [-0.39, 0.29) is 12.5 Å². The van der Waals surface area contributed by atoms with Crippen molar-refractivity contribution in [2.24, 2.45) is 0 Å². The van der Waals surface area contributed by atoms with Gasteiger partial charge in [-0.25, -0.2) is 0 Å². The maximum Gasteiger partial charge on any atom is 0.220 e. The molecular formula is C75H129NO3. The summed E-state index contributed by atoms with van der Waals surface area (Å²) in [4.78, 5) is 12.5. The third kappa shape index (κ3) is 65.2. The maximum atomic E-state index is 12.5. The number of hydrogen-bond donors (Lipinski definition) is 3. The number of carbonyl (C=O) groups excluding carboxylic acids is 1. The zero-order chi connectivity index (χ0) is 56.9. The van der Waals surface area contributed by atoms with Gasteiger partial charge in [0.2, 0.25) is 5.91 Å². The van der Waals surface area contributed by atoms with Crippen LogP contribution in [0, 0.1) is 0 Å². The van der Waals surface area contributed by atoms with Gasteiger partial charge in [0, 0.05) is 6.42 Å². The van der Waals surface area contributed by atoms with Crippen molar-refractivity contribution in [1.29, 1.82) is 0 Å². The molecule has 452 valence electrons. The van der Waals surface area contributed by atoms with Crippen molar-refractivity contribution in [1.82, 2.24) is 5.32 Å². The summed E-state index contributed by atoms with van der Waals surface area (Å²) in [5.74, 6) is -0.0876. The highest BCUT2D eigenvalue weighted by atomic mass is 16.3. The predicted molar refractivity (Wildman–Crippen MR) is 354 cm³/mol. The summed E-state index contributed by atoms with van der Waals surface area (Å²) in [5.41, 5.74) is 0. The summed E-state index contributed by atoms with van der Waals surface area (Å²) in [5, 5.41) is 23.2. The van der Waals surface area contributed by atoms with Gasteiger partial charge in [-0.05, 0) is 103 Å². The summed E-state index contributed by atoms with van der Waals surface area (Å²) in [6, 6.07) is -0.657. The first-order valence-electron chi connectivity index (χ1n) is 33.9. The lowest BCUT2D eigenvalue weighted by atomic mass is 10.0. The summed E-state index contributed by atoms with van der Waals surface area (Å²) in [6.45, 7) is 4.20. The van der Waals surface area contributed by atoms with Crippen LogP contribution in [0.5, 0.6) is 0 Å². The monoisotopic (exact) mass is 1090 g/mol. The Labute approximate surface area is 491 Å². The highest BCUT2D eigenvalue weighted by Crippen LogP contribution is 2.17. The Morgan fingerprint density at radius 3 is 0.886 bits per heavy atom. The first-order chi connectivity index (χ1) is 39.2. The molecule has 0 rings (SSSR count). The average molecular weight is 1090 g/mol. The van der Waals surface area contributed by atoms with Crippen LogP contribution in [0.1, 0.15) is 316 Å². The lowest BCUT2D eigenvalue weighted by Crippen LogP contribution is -2.45. The fourth-order valence-electron chi connectivity index (χ4n) is 9.78. The Balaban J connectivity index is 3.60. The van der Waals surface area contributed by atoms with Crippen LogP contribution < -0.4 is 5.32 Å². The molecule has 0 radical (unpaired) electrons. The van der Waals surface area contributed by atoms with Crippen molar-refractivity contribution in [2.45, 2.75) is 328 Å². The fourth-order valence-corrected chi connectivity index (χ4v) is 9.78. The lowest BCUT2D eigenvalue weighted by Gasteiger charge is -2.19. The van der Waals surface area contributed by atoms with Crippen LogP contribution in [-0.4, -0.2) is 34.9 Å². The normalized spacial score (nSPS) is 13.6. The molecule has 0 aromatic rings. The van der Waals surface area contributed by atoms with Gasteiger partial charge in [-0.1, -0.05) is 340 Å². The van der Waals surface area contributed by atoms with Gasteiger partial charge in [0.15, 0.2) is 0 Å². The summed E-state index contributed by atoms with van der Waals surface area (Å²) in [7, 11) is 0. The van der Waals surface area contributed by atoms with E-state index in [1.807, 2.05) is 6.08 Å². The lowest BCUT2D eigenvalue weighted by molar-refractivity contribution is -0.123. The van der Waals surface area contributed by atoms with Gasteiger partial charge in [0.1, 0.15) is 0 Å². The third-order valence-corrected chi connectivity index (χ3v) is 14.9. The van der Waals surface area contributed by atoms with Crippen molar-refractivity contribution < 1.29 is 15.0 Å². The Morgan fingerprint density at radius 1 is 0.316 bits per heavy atom. The molecule has 0 aromatic carbocycles. The molecule has 0 bridgehead atoms. The van der Waals surface area contributed by atoms with E-state index < -0.39 is 12.1 Å². The standard InChI is InChI=1S/C75H129NO3/c1-3-5-7-9-11-13-15-17-19-21-23-25-27-29-31-33-35-37-38-39-41-43-45-47-49-51-53-55-57-59-61-63-65-67-69-71-75(79)76-73(72-77)74(78)70-68-66-64-62-60-58-56-54-52-50-48-46-44-42-40-36-34-32-30-28-26-24-22-20-18-16-14-12-10-8-6-4-2/h5,7,11,13,17,19,23,25,29,31,35,37,39,41,45,47,51,53,60,62,68,70,73-74,77-78H,3-4,6,8-10,12,14-16,18,20-22,24,26-28,30,32-34,36,38,40,42-44,46,48-50,52,54-59,61,63-67,69,71-72H2,1-2H3,(H,76,79)/b7-5-,13-11-,19-17-,25-23-,31-29-,37-35-,41-39-,47-45-,53-51-,62-60+,70-68+. The molecule has 0 saturated heterocycles. The van der Waals surface area contributed by atoms with E-state index in [9.17, 15) is 15.0 Å². The molecule has 0 aliphatic heterocycles. The number of rotatable bonds is 61. The quantitative estimate of drug-likeness (QED) is 0.0420. The van der Waals surface area contributed by atoms with Crippen LogP contribution in [-0.2, 0) is 4.79 Å². The Bertz CT molecular complexity index is 1570. The number of unbranched alkanes of at least 4 members (excludes halogenated alkanes) is 34. The molecule has 4 nitrogen and oxygen atoms in total. The molecule has 0 spiro atoms. The van der Waals surface area contributed by atoms with Gasteiger partial charge < -0.3 is 15.5 Å². The molecule has 0 aromatic heterocycles. The summed E-state index contributed by atoms with van der Waals surface area (Å²) < 4.78 is 0. The van der Waals surface area contributed by atoms with E-state index in [1.165, 1.54) is 193 Å². The molecule has 4 heteroatoms. The second-order valence-electron chi connectivity index (χ2n) is 22.5. The van der Waals surface area contributed by atoms with Crippen LogP contribution >= 0.6 is 0 Å². The van der Waals surface area contributed by atoms with Crippen molar-refractivity contribution in [3.63, 3.8) is 0 Å². The van der Waals surface area contributed by atoms with E-state index in [1.54, 1.807) is 6.08 Å². The molecule has 2 unspecified atom stereocenters. The van der Waals surface area contributed by atoms with Gasteiger partial charge in [-0.2, -0.15) is 0 Å². The fraction of sp³-hybridized carbons (Fsp3) is 0.693. The van der Waals surface area contributed by atoms with Gasteiger partial charge in [-0.15, -0.1) is 0 Å². The molecule has 79 heavy (non-hydrogen) atoms. The Morgan fingerprint density at radius 2 is 0.570 bits per heavy atom. The number of carbonyl (C=O) groups is 1. The smallest absolute Gasteiger partial charge is 0.220 e. The first kappa shape index (κ1) is 75.5. The van der Waals surface area contributed by atoms with E-state index in [0.717, 1.165) is 103 Å². The largest absolute Gasteiger partial charge is 0.394 e. The summed E-state index contributed by atoms with van der Waals surface area (Å²) >= 11 is 0. The van der Waals surface area contributed by atoms with Crippen molar-refractivity contribution in [3.8, 4) is 0 Å². The van der Waals surface area contributed by atoms with Gasteiger partial charge in [0.05, 0.1) is 18.8 Å². The van der Waals surface area contributed by atoms with Gasteiger partial charge >= 0.3 is 0 Å². The topological polar surface area (TPSA) is 69.6 Å². The molecule has 1 amide bonds. The zero-order valence-electron chi connectivity index (χ0n) is 52.1. The minimum atomic E-state index is -0.879. The third-order valence-electron chi connectivity index (χ3n) is 14.9. The minimum Gasteiger partial charge on any atom is -0.394 e. The second-order valence-corrected chi connectivity index (χ2v) is 22.5. The molecule has 0 aliphatic carbocycles. The molecule has 0 aliphatic rings. The number of hydrogen-bond acceptors (Lipinski definition) is 3. The number of allylic oxidation sites excluding steroid dienone is 21. The molecule has 0 saturated carbocycles. The highest BCUT2D eigenvalue weighted by molar-refractivity contribution is 5.76. The average Bonchev–Trinajstić information content (AvgIpc) is 3.45. The Hall–Kier alpha value is -3.47. The maximum absolute atomic E-state index is 12.5. The molecule has 3 N–H and O–H groups in total. The molecule has 0 heterocycles.